The zero-order chi connectivity index (χ0) is 21.3. The zero-order valence-electron chi connectivity index (χ0n) is 17.0. The summed E-state index contributed by atoms with van der Waals surface area (Å²) in [5, 5.41) is 20.2. The van der Waals surface area contributed by atoms with Gasteiger partial charge in [-0.2, -0.15) is 10.5 Å². The number of Topliss-reactive ketones (excluding diaryl/α,β-unsaturated/α-hetero) is 1. The van der Waals surface area contributed by atoms with E-state index in [0.29, 0.717) is 12.8 Å². The average Bonchev–Trinajstić information content (AvgIpc) is 2.74. The summed E-state index contributed by atoms with van der Waals surface area (Å²) >= 11 is 0. The van der Waals surface area contributed by atoms with Crippen molar-refractivity contribution in [2.24, 2.45) is 10.8 Å². The van der Waals surface area contributed by atoms with Gasteiger partial charge in [0.15, 0.2) is 5.41 Å². The standard InChI is InChI=1S/C24H28N2O3/c1-3-14-23(17-25,18-26)22(19-10-6-5-7-11-19)24(15-9-8-12-20(24)27)16-13-21(28)29-4-2/h3,5-7,10-11,22H,1,4,8-9,12-16H2,2H3/t22-,24+/m0/s1. The van der Waals surface area contributed by atoms with Crippen molar-refractivity contribution in [2.45, 2.75) is 57.8 Å². The number of allylic oxidation sites excluding steroid dienone is 1. The number of esters is 1. The van der Waals surface area contributed by atoms with Crippen LogP contribution >= 0.6 is 0 Å². The van der Waals surface area contributed by atoms with Crippen molar-refractivity contribution in [1.82, 2.24) is 0 Å². The van der Waals surface area contributed by atoms with Crippen LogP contribution in [-0.4, -0.2) is 18.4 Å². The highest BCUT2D eigenvalue weighted by atomic mass is 16.5. The van der Waals surface area contributed by atoms with Gasteiger partial charge in [-0.25, -0.2) is 0 Å². The van der Waals surface area contributed by atoms with Crippen LogP contribution < -0.4 is 0 Å². The van der Waals surface area contributed by atoms with E-state index in [9.17, 15) is 20.1 Å². The van der Waals surface area contributed by atoms with Gasteiger partial charge in [0.05, 0.1) is 18.7 Å². The molecule has 0 amide bonds. The molecule has 0 bridgehead atoms. The summed E-state index contributed by atoms with van der Waals surface area (Å²) < 4.78 is 5.09. The van der Waals surface area contributed by atoms with Gasteiger partial charge in [0, 0.05) is 24.2 Å². The van der Waals surface area contributed by atoms with Crippen molar-refractivity contribution in [2.75, 3.05) is 6.61 Å². The molecular weight excluding hydrogens is 364 g/mol. The molecule has 5 heteroatoms. The maximum atomic E-state index is 13.4. The number of hydrogen-bond acceptors (Lipinski definition) is 5. The van der Waals surface area contributed by atoms with E-state index in [-0.39, 0.29) is 37.6 Å². The van der Waals surface area contributed by atoms with Crippen LogP contribution in [0.4, 0.5) is 0 Å². The van der Waals surface area contributed by atoms with Crippen molar-refractivity contribution in [3.63, 3.8) is 0 Å². The minimum Gasteiger partial charge on any atom is -0.466 e. The molecule has 0 unspecified atom stereocenters. The van der Waals surface area contributed by atoms with Crippen LogP contribution in [0.3, 0.4) is 0 Å². The number of benzene rings is 1. The Labute approximate surface area is 173 Å². The summed E-state index contributed by atoms with van der Waals surface area (Å²) in [6, 6.07) is 13.7. The van der Waals surface area contributed by atoms with Gasteiger partial charge in [-0.3, -0.25) is 9.59 Å². The second-order valence-electron chi connectivity index (χ2n) is 7.62. The third-order valence-corrected chi connectivity index (χ3v) is 5.96. The van der Waals surface area contributed by atoms with Gasteiger partial charge in [-0.15, -0.1) is 6.58 Å². The van der Waals surface area contributed by atoms with Crippen LogP contribution in [0.1, 0.15) is 63.4 Å². The van der Waals surface area contributed by atoms with Crippen LogP contribution in [0, 0.1) is 33.5 Å². The lowest BCUT2D eigenvalue weighted by Crippen LogP contribution is -2.47. The van der Waals surface area contributed by atoms with E-state index in [1.165, 1.54) is 0 Å². The van der Waals surface area contributed by atoms with E-state index in [1.54, 1.807) is 13.0 Å². The Morgan fingerprint density at radius 1 is 1.31 bits per heavy atom. The molecule has 2 atom stereocenters. The van der Waals surface area contributed by atoms with Gasteiger partial charge in [0.1, 0.15) is 5.78 Å². The minimum absolute atomic E-state index is 0.0286. The topological polar surface area (TPSA) is 91.0 Å². The molecule has 1 aliphatic rings. The number of hydrogen-bond donors (Lipinski definition) is 0. The number of nitrogens with zero attached hydrogens (tertiary/aromatic N) is 2. The first-order valence-electron chi connectivity index (χ1n) is 10.2. The molecule has 0 aromatic heterocycles. The van der Waals surface area contributed by atoms with E-state index in [0.717, 1.165) is 18.4 Å². The van der Waals surface area contributed by atoms with E-state index in [1.807, 2.05) is 30.3 Å². The molecule has 0 radical (unpaired) electrons. The summed E-state index contributed by atoms with van der Waals surface area (Å²) in [6.45, 7) is 5.76. The molecule has 29 heavy (non-hydrogen) atoms. The van der Waals surface area contributed by atoms with Crippen molar-refractivity contribution in [3.8, 4) is 12.1 Å². The molecule has 1 aromatic rings. The van der Waals surface area contributed by atoms with Crippen molar-refractivity contribution >= 4 is 11.8 Å². The maximum Gasteiger partial charge on any atom is 0.305 e. The smallest absolute Gasteiger partial charge is 0.305 e. The number of rotatable bonds is 9. The van der Waals surface area contributed by atoms with E-state index >= 15 is 0 Å². The first-order valence-corrected chi connectivity index (χ1v) is 10.2. The Balaban J connectivity index is 2.66. The maximum absolute atomic E-state index is 13.4. The van der Waals surface area contributed by atoms with Crippen molar-refractivity contribution in [1.29, 1.82) is 10.5 Å². The Morgan fingerprint density at radius 3 is 2.55 bits per heavy atom. The Hall–Kier alpha value is -2.92. The summed E-state index contributed by atoms with van der Waals surface area (Å²) in [5.74, 6) is -0.979. The Kier molecular flexibility index (Phi) is 7.74. The minimum atomic E-state index is -1.44. The first-order chi connectivity index (χ1) is 14.0. The van der Waals surface area contributed by atoms with Gasteiger partial charge >= 0.3 is 5.97 Å². The van der Waals surface area contributed by atoms with Crippen molar-refractivity contribution in [3.05, 3.63) is 48.6 Å². The normalized spacial score (nSPS) is 20.2. The van der Waals surface area contributed by atoms with Crippen LogP contribution in [0.25, 0.3) is 0 Å². The van der Waals surface area contributed by atoms with Gasteiger partial charge in [-0.1, -0.05) is 42.8 Å². The van der Waals surface area contributed by atoms with Crippen LogP contribution in [-0.2, 0) is 14.3 Å². The molecule has 0 saturated heterocycles. The Morgan fingerprint density at radius 2 is 2.00 bits per heavy atom. The molecule has 0 heterocycles. The molecule has 2 rings (SSSR count). The monoisotopic (exact) mass is 392 g/mol. The fourth-order valence-corrected chi connectivity index (χ4v) is 4.70. The van der Waals surface area contributed by atoms with E-state index < -0.39 is 16.7 Å². The second-order valence-corrected chi connectivity index (χ2v) is 7.62. The molecule has 0 N–H and O–H groups in total. The second kappa shape index (κ2) is 10.0. The lowest BCUT2D eigenvalue weighted by atomic mass is 9.52. The number of ketones is 1. The van der Waals surface area contributed by atoms with Crippen LogP contribution in [0.2, 0.25) is 0 Å². The summed E-state index contributed by atoms with van der Waals surface area (Å²) in [7, 11) is 0. The highest BCUT2D eigenvalue weighted by Crippen LogP contribution is 2.56. The lowest BCUT2D eigenvalue weighted by Gasteiger charge is -2.46. The molecule has 5 nitrogen and oxygen atoms in total. The molecule has 152 valence electrons. The third-order valence-electron chi connectivity index (χ3n) is 5.96. The predicted molar refractivity (Wildman–Crippen MR) is 109 cm³/mol. The molecule has 0 aliphatic heterocycles. The highest BCUT2D eigenvalue weighted by Gasteiger charge is 2.56. The molecular formula is C24H28N2O3. The molecule has 1 aliphatic carbocycles. The highest BCUT2D eigenvalue weighted by molar-refractivity contribution is 5.87. The molecule has 0 spiro atoms. The first kappa shape index (κ1) is 22.4. The number of carbonyl (C=O) groups excluding carboxylic acids is 2. The summed E-state index contributed by atoms with van der Waals surface area (Å²) in [5.41, 5.74) is -1.62. The number of carbonyl (C=O) groups is 2. The predicted octanol–water partition coefficient (Wildman–Crippen LogP) is 4.85. The fourth-order valence-electron chi connectivity index (χ4n) is 4.70. The van der Waals surface area contributed by atoms with Gasteiger partial charge in [0.25, 0.3) is 0 Å². The third kappa shape index (κ3) is 4.57. The SMILES string of the molecule is C=CCC(C#N)(C#N)[C@H](c1ccccc1)[C@@]1(CCC(=O)OCC)CCCCC1=O. The summed E-state index contributed by atoms with van der Waals surface area (Å²) in [6.07, 6.45) is 4.62. The van der Waals surface area contributed by atoms with E-state index in [2.05, 4.69) is 18.7 Å². The van der Waals surface area contributed by atoms with E-state index in [4.69, 9.17) is 4.74 Å². The molecule has 1 fully saturated rings. The fraction of sp³-hybridized carbons (Fsp3) is 0.500. The number of ether oxygens (including phenoxy) is 1. The quantitative estimate of drug-likeness (QED) is 0.442. The largest absolute Gasteiger partial charge is 0.466 e. The summed E-state index contributed by atoms with van der Waals surface area (Å²) in [4.78, 5) is 25.5. The molecule has 1 aromatic carbocycles. The average molecular weight is 392 g/mol. The van der Waals surface area contributed by atoms with Crippen LogP contribution in [0.5, 0.6) is 0 Å². The molecule has 1 saturated carbocycles. The van der Waals surface area contributed by atoms with Gasteiger partial charge < -0.3 is 4.74 Å². The number of nitriles is 2. The Bertz CT molecular complexity index is 805. The van der Waals surface area contributed by atoms with Crippen molar-refractivity contribution < 1.29 is 14.3 Å². The van der Waals surface area contributed by atoms with Gasteiger partial charge in [-0.05, 0) is 38.2 Å². The van der Waals surface area contributed by atoms with Crippen LogP contribution in [0.15, 0.2) is 43.0 Å². The zero-order valence-corrected chi connectivity index (χ0v) is 17.0. The van der Waals surface area contributed by atoms with Gasteiger partial charge in [0.2, 0.25) is 0 Å². The lowest BCUT2D eigenvalue weighted by molar-refractivity contribution is -0.145.